The van der Waals surface area contributed by atoms with E-state index >= 15 is 0 Å². The van der Waals surface area contributed by atoms with Crippen LogP contribution in [0.5, 0.6) is 0 Å². The number of Topliss-reactive ketones (excluding diaryl/α,β-unsaturated/α-hetero) is 1. The number of ether oxygens (including phenoxy) is 3. The second kappa shape index (κ2) is 8.61. The Morgan fingerprint density at radius 2 is 2.09 bits per heavy atom. The normalized spacial score (nSPS) is 45.7. The Hall–Kier alpha value is -1.87. The zero-order valence-corrected chi connectivity index (χ0v) is 20.8. The predicted octanol–water partition coefficient (Wildman–Crippen LogP) is 2.23. The molecule has 4 aliphatic carbocycles. The number of hydrogen-bond acceptors (Lipinski definition) is 8. The summed E-state index contributed by atoms with van der Waals surface area (Å²) in [5.74, 6) is -0.787. The topological polar surface area (TPSA) is 125 Å². The van der Waals surface area contributed by atoms with Crippen LogP contribution in [-0.2, 0) is 28.6 Å². The average Bonchev–Trinajstić information content (AvgIpc) is 3.29. The van der Waals surface area contributed by atoms with Crippen molar-refractivity contribution >= 4 is 17.5 Å². The van der Waals surface area contributed by atoms with E-state index in [1.807, 2.05) is 19.9 Å². The SMILES string of the molecule is CCC[C@@H]1O[C@@H]2C[C@H]3[C@@H]4CCC5=CC(=O)C=C[C@]5(C)[C@H]4[C@@H](O)C[C@]3(C)[C@]2(C(=O)COC(=O)CN)O1. The first-order chi connectivity index (χ1) is 16.6. The third-order valence-corrected chi connectivity index (χ3v) is 9.76. The van der Waals surface area contributed by atoms with Crippen molar-refractivity contribution in [3.8, 4) is 0 Å². The van der Waals surface area contributed by atoms with Gasteiger partial charge in [0.05, 0.1) is 18.8 Å². The van der Waals surface area contributed by atoms with E-state index in [0.29, 0.717) is 19.3 Å². The van der Waals surface area contributed by atoms with E-state index in [9.17, 15) is 19.5 Å². The number of fused-ring (bicyclic) bond motifs is 7. The summed E-state index contributed by atoms with van der Waals surface area (Å²) in [6.45, 7) is 5.49. The second-order valence-corrected chi connectivity index (χ2v) is 11.4. The van der Waals surface area contributed by atoms with Gasteiger partial charge in [0, 0.05) is 16.7 Å². The summed E-state index contributed by atoms with van der Waals surface area (Å²) in [5, 5.41) is 11.7. The largest absolute Gasteiger partial charge is 0.457 e. The Bertz CT molecular complexity index is 990. The number of hydrogen-bond donors (Lipinski definition) is 2. The molecule has 0 bridgehead atoms. The molecule has 1 saturated heterocycles. The molecule has 0 aromatic carbocycles. The Morgan fingerprint density at radius 1 is 1.31 bits per heavy atom. The molecule has 0 amide bonds. The summed E-state index contributed by atoms with van der Waals surface area (Å²) in [6.07, 6.45) is 7.83. The van der Waals surface area contributed by atoms with E-state index in [1.54, 1.807) is 12.2 Å². The standard InChI is InChI=1S/C27H37NO7/c1-4-5-23-34-21-11-18-17-7-6-15-10-16(29)8-9-25(15,2)24(17)19(30)12-26(18,3)27(21,35-23)20(31)14-33-22(32)13-28/h8-10,17-19,21,23-24,30H,4-7,11-14,28H2,1-3H3/t17-,18-,19-,21+,23+,24+,25-,26-,27+/m0/s1. The van der Waals surface area contributed by atoms with Crippen molar-refractivity contribution < 1.29 is 33.7 Å². The second-order valence-electron chi connectivity index (χ2n) is 11.4. The lowest BCUT2D eigenvalue weighted by Crippen LogP contribution is -2.63. The molecular weight excluding hydrogens is 450 g/mol. The molecule has 4 fully saturated rings. The van der Waals surface area contributed by atoms with Crippen LogP contribution < -0.4 is 5.73 Å². The smallest absolute Gasteiger partial charge is 0.320 e. The van der Waals surface area contributed by atoms with Gasteiger partial charge in [-0.2, -0.15) is 0 Å². The van der Waals surface area contributed by atoms with Crippen molar-refractivity contribution in [2.24, 2.45) is 34.3 Å². The van der Waals surface area contributed by atoms with E-state index in [4.69, 9.17) is 19.9 Å². The van der Waals surface area contributed by atoms with Crippen LogP contribution >= 0.6 is 0 Å². The maximum absolute atomic E-state index is 13.8. The average molecular weight is 488 g/mol. The number of ketones is 2. The van der Waals surface area contributed by atoms with E-state index < -0.39 is 47.5 Å². The Labute approximate surface area is 206 Å². The lowest BCUT2D eigenvalue weighted by atomic mass is 9.46. The van der Waals surface area contributed by atoms with Crippen molar-refractivity contribution in [3.05, 3.63) is 23.8 Å². The van der Waals surface area contributed by atoms with Gasteiger partial charge in [-0.15, -0.1) is 0 Å². The molecule has 0 spiro atoms. The van der Waals surface area contributed by atoms with Gasteiger partial charge in [-0.05, 0) is 56.1 Å². The molecule has 8 heteroatoms. The highest BCUT2D eigenvalue weighted by Crippen LogP contribution is 2.69. The van der Waals surface area contributed by atoms with Crippen LogP contribution in [0.4, 0.5) is 0 Å². The van der Waals surface area contributed by atoms with Gasteiger partial charge in [-0.1, -0.05) is 38.8 Å². The molecule has 0 radical (unpaired) electrons. The zero-order valence-electron chi connectivity index (χ0n) is 20.8. The van der Waals surface area contributed by atoms with Crippen molar-refractivity contribution in [1.82, 2.24) is 0 Å². The van der Waals surface area contributed by atoms with Gasteiger partial charge in [-0.25, -0.2) is 0 Å². The monoisotopic (exact) mass is 487 g/mol. The number of carbonyl (C=O) groups excluding carboxylic acids is 3. The molecule has 5 aliphatic rings. The number of rotatable bonds is 6. The summed E-state index contributed by atoms with van der Waals surface area (Å²) < 4.78 is 18.0. The molecular formula is C27H37NO7. The van der Waals surface area contributed by atoms with Crippen LogP contribution in [0.25, 0.3) is 0 Å². The fraction of sp³-hybridized carbons (Fsp3) is 0.741. The summed E-state index contributed by atoms with van der Waals surface area (Å²) in [6, 6.07) is 0. The maximum Gasteiger partial charge on any atom is 0.320 e. The molecule has 3 N–H and O–H groups in total. The Kier molecular flexibility index (Phi) is 6.10. The summed E-state index contributed by atoms with van der Waals surface area (Å²) in [4.78, 5) is 37.6. The first-order valence-corrected chi connectivity index (χ1v) is 12.9. The molecule has 1 heterocycles. The van der Waals surface area contributed by atoms with Crippen LogP contribution in [-0.4, -0.2) is 59.9 Å². The molecule has 35 heavy (non-hydrogen) atoms. The predicted molar refractivity (Wildman–Crippen MR) is 126 cm³/mol. The molecule has 8 nitrogen and oxygen atoms in total. The third-order valence-electron chi connectivity index (χ3n) is 9.76. The zero-order chi connectivity index (χ0) is 25.2. The van der Waals surface area contributed by atoms with Gasteiger partial charge >= 0.3 is 5.97 Å². The van der Waals surface area contributed by atoms with E-state index in [-0.39, 0.29) is 35.9 Å². The summed E-state index contributed by atoms with van der Waals surface area (Å²) >= 11 is 0. The van der Waals surface area contributed by atoms with E-state index in [2.05, 4.69) is 6.92 Å². The van der Waals surface area contributed by atoms with Gasteiger partial charge in [0.2, 0.25) is 5.78 Å². The van der Waals surface area contributed by atoms with Crippen LogP contribution in [0.15, 0.2) is 23.8 Å². The highest BCUT2D eigenvalue weighted by molar-refractivity contribution is 6.01. The molecule has 192 valence electrons. The lowest BCUT2D eigenvalue weighted by molar-refractivity contribution is -0.201. The van der Waals surface area contributed by atoms with Crippen LogP contribution in [0, 0.1) is 28.6 Å². The molecule has 5 rings (SSSR count). The quantitative estimate of drug-likeness (QED) is 0.547. The molecule has 9 atom stereocenters. The lowest BCUT2D eigenvalue weighted by Gasteiger charge is -2.59. The fourth-order valence-corrected chi connectivity index (χ4v) is 8.32. The Morgan fingerprint density at radius 3 is 2.80 bits per heavy atom. The van der Waals surface area contributed by atoms with Crippen molar-refractivity contribution in [1.29, 1.82) is 0 Å². The van der Waals surface area contributed by atoms with Crippen LogP contribution in [0.3, 0.4) is 0 Å². The number of allylic oxidation sites excluding steroid dienone is 4. The number of aliphatic hydroxyl groups is 1. The van der Waals surface area contributed by atoms with Crippen LogP contribution in [0.2, 0.25) is 0 Å². The van der Waals surface area contributed by atoms with Crippen LogP contribution in [0.1, 0.15) is 59.3 Å². The van der Waals surface area contributed by atoms with Crippen molar-refractivity contribution in [3.63, 3.8) is 0 Å². The molecule has 1 aliphatic heterocycles. The van der Waals surface area contributed by atoms with Crippen molar-refractivity contribution in [2.45, 2.75) is 83.4 Å². The summed E-state index contributed by atoms with van der Waals surface area (Å²) in [5.41, 5.74) is 4.10. The number of nitrogens with two attached hydrogens (primary N) is 1. The number of esters is 1. The highest BCUT2D eigenvalue weighted by atomic mass is 16.7. The van der Waals surface area contributed by atoms with Gasteiger partial charge < -0.3 is 25.1 Å². The third kappa shape index (κ3) is 3.44. The van der Waals surface area contributed by atoms with Gasteiger partial charge in [0.15, 0.2) is 24.3 Å². The first kappa shape index (κ1) is 24.8. The molecule has 3 saturated carbocycles. The van der Waals surface area contributed by atoms with Gasteiger partial charge in [0.25, 0.3) is 0 Å². The highest BCUT2D eigenvalue weighted by Gasteiger charge is 2.75. The minimum absolute atomic E-state index is 0.00167. The fourth-order valence-electron chi connectivity index (χ4n) is 8.32. The first-order valence-electron chi connectivity index (χ1n) is 12.9. The minimum Gasteiger partial charge on any atom is -0.457 e. The number of carbonyl (C=O) groups is 3. The van der Waals surface area contributed by atoms with Gasteiger partial charge in [0.1, 0.15) is 0 Å². The van der Waals surface area contributed by atoms with Crippen molar-refractivity contribution in [2.75, 3.05) is 13.2 Å². The Balaban J connectivity index is 1.52. The van der Waals surface area contributed by atoms with Gasteiger partial charge in [-0.3, -0.25) is 14.4 Å². The minimum atomic E-state index is -1.28. The summed E-state index contributed by atoms with van der Waals surface area (Å²) in [7, 11) is 0. The van der Waals surface area contributed by atoms with E-state index in [1.165, 1.54) is 0 Å². The molecule has 0 aromatic rings. The maximum atomic E-state index is 13.8. The number of aliphatic hydroxyl groups excluding tert-OH is 1. The molecule has 0 unspecified atom stereocenters. The molecule has 0 aromatic heterocycles. The van der Waals surface area contributed by atoms with E-state index in [0.717, 1.165) is 24.8 Å².